The zero-order valence-corrected chi connectivity index (χ0v) is 15.7. The van der Waals surface area contributed by atoms with E-state index in [9.17, 15) is 22.8 Å². The van der Waals surface area contributed by atoms with E-state index in [1.54, 1.807) is 9.80 Å². The van der Waals surface area contributed by atoms with Gasteiger partial charge in [0.1, 0.15) is 0 Å². The van der Waals surface area contributed by atoms with Gasteiger partial charge in [-0.2, -0.15) is 13.2 Å². The number of anilines is 1. The number of hydrogen-bond donors (Lipinski definition) is 0. The van der Waals surface area contributed by atoms with E-state index < -0.39 is 11.7 Å². The molecule has 2 amide bonds. The van der Waals surface area contributed by atoms with E-state index in [1.807, 2.05) is 13.8 Å². The molecule has 0 radical (unpaired) electrons. The summed E-state index contributed by atoms with van der Waals surface area (Å²) >= 11 is 0. The Morgan fingerprint density at radius 1 is 1.11 bits per heavy atom. The summed E-state index contributed by atoms with van der Waals surface area (Å²) in [5.74, 6) is -0.181. The number of hydrogen-bond acceptors (Lipinski definition) is 2. The molecular formula is C20H25F3N2O2. The van der Waals surface area contributed by atoms with Gasteiger partial charge in [-0.15, -0.1) is 0 Å². The van der Waals surface area contributed by atoms with Crippen molar-refractivity contribution < 1.29 is 22.8 Å². The van der Waals surface area contributed by atoms with Crippen LogP contribution < -0.4 is 4.90 Å². The molecule has 2 aliphatic rings. The third-order valence-corrected chi connectivity index (χ3v) is 5.44. The highest BCUT2D eigenvalue weighted by Gasteiger charge is 2.35. The van der Waals surface area contributed by atoms with Crippen molar-refractivity contribution in [3.63, 3.8) is 0 Å². The number of carbonyl (C=O) groups is 2. The maximum Gasteiger partial charge on any atom is 0.416 e. The van der Waals surface area contributed by atoms with Crippen molar-refractivity contribution in [3.05, 3.63) is 29.3 Å². The molecule has 1 aromatic rings. The number of nitrogens with zero attached hydrogens (tertiary/aromatic N) is 2. The van der Waals surface area contributed by atoms with Crippen LogP contribution in [0.4, 0.5) is 18.9 Å². The second kappa shape index (κ2) is 7.52. The summed E-state index contributed by atoms with van der Waals surface area (Å²) in [6.07, 6.45) is -1.97. The van der Waals surface area contributed by atoms with Gasteiger partial charge in [-0.05, 0) is 49.4 Å². The largest absolute Gasteiger partial charge is 0.416 e. The lowest BCUT2D eigenvalue weighted by molar-refractivity contribution is -0.138. The van der Waals surface area contributed by atoms with Gasteiger partial charge in [-0.25, -0.2) is 0 Å². The van der Waals surface area contributed by atoms with E-state index in [1.165, 1.54) is 12.1 Å². The van der Waals surface area contributed by atoms with Crippen LogP contribution in [0, 0.1) is 11.8 Å². The molecule has 0 unspecified atom stereocenters. The molecule has 1 fully saturated rings. The Bertz CT molecular complexity index is 722. The lowest BCUT2D eigenvalue weighted by atomic mass is 9.92. The first-order valence-electron chi connectivity index (χ1n) is 9.48. The molecule has 2 aliphatic heterocycles. The molecule has 7 heteroatoms. The summed E-state index contributed by atoms with van der Waals surface area (Å²) < 4.78 is 38.9. The number of piperidine rings is 1. The first kappa shape index (κ1) is 19.7. The van der Waals surface area contributed by atoms with Crippen molar-refractivity contribution in [2.75, 3.05) is 24.5 Å². The van der Waals surface area contributed by atoms with Gasteiger partial charge in [0.05, 0.1) is 5.56 Å². The van der Waals surface area contributed by atoms with Gasteiger partial charge in [0.2, 0.25) is 11.8 Å². The summed E-state index contributed by atoms with van der Waals surface area (Å²) in [5.41, 5.74) is 0.507. The topological polar surface area (TPSA) is 40.6 Å². The van der Waals surface area contributed by atoms with E-state index >= 15 is 0 Å². The lowest BCUT2D eigenvalue weighted by Gasteiger charge is -2.37. The van der Waals surface area contributed by atoms with Crippen LogP contribution in [0.5, 0.6) is 0 Å². The van der Waals surface area contributed by atoms with Gasteiger partial charge in [-0.3, -0.25) is 9.59 Å². The standard InChI is InChI=1S/C20H25F3N2O2/c1-13(2)18(26)24-10-7-14(8-11-24)19(27)25-9-3-4-15-12-16(20(21,22)23)5-6-17(15)25/h5-6,12-14H,3-4,7-11H2,1-2H3. The van der Waals surface area contributed by atoms with Crippen molar-refractivity contribution in [3.8, 4) is 0 Å². The molecule has 1 aromatic carbocycles. The number of alkyl halides is 3. The van der Waals surface area contributed by atoms with Crippen LogP contribution in [0.15, 0.2) is 18.2 Å². The van der Waals surface area contributed by atoms with E-state index in [0.717, 1.165) is 6.07 Å². The molecule has 0 saturated carbocycles. The van der Waals surface area contributed by atoms with Crippen LogP contribution in [0.3, 0.4) is 0 Å². The molecule has 148 valence electrons. The monoisotopic (exact) mass is 382 g/mol. The minimum atomic E-state index is -4.38. The minimum Gasteiger partial charge on any atom is -0.342 e. The van der Waals surface area contributed by atoms with Crippen LogP contribution in [0.25, 0.3) is 0 Å². The Morgan fingerprint density at radius 2 is 1.78 bits per heavy atom. The average molecular weight is 382 g/mol. The Hall–Kier alpha value is -2.05. The quantitative estimate of drug-likeness (QED) is 0.779. The zero-order chi connectivity index (χ0) is 19.8. The number of aryl methyl sites for hydroxylation is 1. The Balaban J connectivity index is 1.72. The highest BCUT2D eigenvalue weighted by atomic mass is 19.4. The Morgan fingerprint density at radius 3 is 2.37 bits per heavy atom. The second-order valence-corrected chi connectivity index (χ2v) is 7.69. The molecule has 4 nitrogen and oxygen atoms in total. The molecular weight excluding hydrogens is 357 g/mol. The fraction of sp³-hybridized carbons (Fsp3) is 0.600. The van der Waals surface area contributed by atoms with Crippen molar-refractivity contribution in [2.24, 2.45) is 11.8 Å². The average Bonchev–Trinajstić information content (AvgIpc) is 2.65. The molecule has 0 spiro atoms. The van der Waals surface area contributed by atoms with Crippen LogP contribution in [0.1, 0.15) is 44.2 Å². The maximum atomic E-state index is 13.0. The van der Waals surface area contributed by atoms with E-state index in [2.05, 4.69) is 0 Å². The normalized spacial score (nSPS) is 18.6. The van der Waals surface area contributed by atoms with Crippen LogP contribution in [-0.4, -0.2) is 36.3 Å². The predicted molar refractivity (Wildman–Crippen MR) is 96.3 cm³/mol. The highest BCUT2D eigenvalue weighted by molar-refractivity contribution is 5.96. The Kier molecular flexibility index (Phi) is 5.49. The molecule has 0 atom stereocenters. The zero-order valence-electron chi connectivity index (χ0n) is 15.7. The van der Waals surface area contributed by atoms with Crippen LogP contribution >= 0.6 is 0 Å². The van der Waals surface area contributed by atoms with Gasteiger partial charge < -0.3 is 9.80 Å². The summed E-state index contributed by atoms with van der Waals surface area (Å²) in [6.45, 7) is 5.36. The molecule has 0 N–H and O–H groups in total. The third-order valence-electron chi connectivity index (χ3n) is 5.44. The summed E-state index contributed by atoms with van der Waals surface area (Å²) in [6, 6.07) is 3.64. The summed E-state index contributed by atoms with van der Waals surface area (Å²) in [7, 11) is 0. The van der Waals surface area contributed by atoms with Gasteiger partial charge in [0, 0.05) is 37.2 Å². The number of carbonyl (C=O) groups excluding carboxylic acids is 2. The molecule has 0 aliphatic carbocycles. The lowest BCUT2D eigenvalue weighted by Crippen LogP contribution is -2.46. The van der Waals surface area contributed by atoms with Crippen molar-refractivity contribution >= 4 is 17.5 Å². The number of likely N-dealkylation sites (tertiary alicyclic amines) is 1. The van der Waals surface area contributed by atoms with Gasteiger partial charge in [0.25, 0.3) is 0 Å². The first-order chi connectivity index (χ1) is 12.7. The maximum absolute atomic E-state index is 13.0. The van der Waals surface area contributed by atoms with Crippen molar-refractivity contribution in [1.82, 2.24) is 4.90 Å². The van der Waals surface area contributed by atoms with Gasteiger partial charge in [0.15, 0.2) is 0 Å². The minimum absolute atomic E-state index is 0.0349. The Labute approximate surface area is 157 Å². The SMILES string of the molecule is CC(C)C(=O)N1CCC(C(=O)N2CCCc3cc(C(F)(F)F)ccc32)CC1. The van der Waals surface area contributed by atoms with E-state index in [4.69, 9.17) is 0 Å². The fourth-order valence-corrected chi connectivity index (χ4v) is 3.93. The summed E-state index contributed by atoms with van der Waals surface area (Å²) in [5, 5.41) is 0. The molecule has 1 saturated heterocycles. The van der Waals surface area contributed by atoms with Gasteiger partial charge >= 0.3 is 6.18 Å². The third kappa shape index (κ3) is 4.12. The molecule has 0 bridgehead atoms. The van der Waals surface area contributed by atoms with Gasteiger partial charge in [-0.1, -0.05) is 13.8 Å². The van der Waals surface area contributed by atoms with E-state index in [0.29, 0.717) is 56.6 Å². The number of amides is 2. The van der Waals surface area contributed by atoms with E-state index in [-0.39, 0.29) is 23.7 Å². The molecule has 3 rings (SSSR count). The number of halogens is 3. The molecule has 2 heterocycles. The number of benzene rings is 1. The van der Waals surface area contributed by atoms with Crippen LogP contribution in [0.2, 0.25) is 0 Å². The highest BCUT2D eigenvalue weighted by Crippen LogP contribution is 2.36. The predicted octanol–water partition coefficient (Wildman–Crippen LogP) is 3.88. The summed E-state index contributed by atoms with van der Waals surface area (Å²) in [4.78, 5) is 28.5. The fourth-order valence-electron chi connectivity index (χ4n) is 3.93. The first-order valence-corrected chi connectivity index (χ1v) is 9.48. The van der Waals surface area contributed by atoms with Crippen molar-refractivity contribution in [1.29, 1.82) is 0 Å². The molecule has 0 aromatic heterocycles. The second-order valence-electron chi connectivity index (χ2n) is 7.69. The van der Waals surface area contributed by atoms with Crippen molar-refractivity contribution in [2.45, 2.75) is 45.7 Å². The molecule has 27 heavy (non-hydrogen) atoms. The van der Waals surface area contributed by atoms with Crippen LogP contribution in [-0.2, 0) is 22.2 Å². The number of rotatable bonds is 2. The number of fused-ring (bicyclic) bond motifs is 1. The smallest absolute Gasteiger partial charge is 0.342 e.